The molecule has 9 nitrogen and oxygen atoms in total. The van der Waals surface area contributed by atoms with Crippen molar-refractivity contribution in [1.29, 1.82) is 0 Å². The Morgan fingerprint density at radius 1 is 1.00 bits per heavy atom. The Hall–Kier alpha value is -4.70. The number of amides is 1. The largest absolute Gasteiger partial charge is 0.497 e. The van der Waals surface area contributed by atoms with E-state index in [1.807, 2.05) is 59.2 Å². The van der Waals surface area contributed by atoms with Crippen LogP contribution in [-0.2, 0) is 16.1 Å². The second kappa shape index (κ2) is 15.0. The van der Waals surface area contributed by atoms with Crippen molar-refractivity contribution in [1.82, 2.24) is 14.9 Å². The molecule has 2 heterocycles. The predicted molar refractivity (Wildman–Crippen MR) is 167 cm³/mol. The number of aliphatic carboxylic acids is 2. The summed E-state index contributed by atoms with van der Waals surface area (Å²) in [6, 6.07) is 21.2. The van der Waals surface area contributed by atoms with Crippen LogP contribution in [0.4, 0.5) is 0 Å². The molecule has 0 aliphatic carbocycles. The van der Waals surface area contributed by atoms with Gasteiger partial charge in [0, 0.05) is 36.0 Å². The zero-order valence-corrected chi connectivity index (χ0v) is 25.0. The molecule has 0 aliphatic heterocycles. The Labute approximate surface area is 254 Å². The summed E-state index contributed by atoms with van der Waals surface area (Å²) in [5, 5.41) is 21.0. The number of nitrogens with zero attached hydrogens (tertiary/aromatic N) is 2. The first-order chi connectivity index (χ1) is 20.8. The second-order valence-electron chi connectivity index (χ2n) is 10.1. The first-order valence-electron chi connectivity index (χ1n) is 14.1. The molecule has 10 heteroatoms. The van der Waals surface area contributed by atoms with Gasteiger partial charge in [0.1, 0.15) is 17.1 Å². The van der Waals surface area contributed by atoms with Crippen LogP contribution in [0.1, 0.15) is 59.5 Å². The Balaban J connectivity index is 1.77. The van der Waals surface area contributed by atoms with E-state index in [1.54, 1.807) is 13.2 Å². The smallest absolute Gasteiger partial charge is 0.328 e. The standard InChI is InChI=1S/C33H35N3O6S/c1-22(23-9-5-3-6-10-23)21-36-31(33(41)34-20-8-4-7-11-28(37)38)30(24-12-14-25(42-2)15-13-24)35-32(36)27-18-16-26(43-27)17-19-29(39)40/h3,5-6,9-10,12-19,22H,4,7-8,11,20-21H2,1-2H3,(H,34,41)(H,37,38)(H,39,40). The highest BCUT2D eigenvalue weighted by Crippen LogP contribution is 2.36. The molecule has 0 fully saturated rings. The van der Waals surface area contributed by atoms with Crippen LogP contribution in [0.25, 0.3) is 28.0 Å². The molecular formula is C33H35N3O6S. The molecule has 43 heavy (non-hydrogen) atoms. The molecule has 0 aliphatic rings. The number of rotatable bonds is 15. The number of carboxylic acids is 2. The Kier molecular flexibility index (Phi) is 10.9. The van der Waals surface area contributed by atoms with Gasteiger partial charge in [-0.1, -0.05) is 43.7 Å². The lowest BCUT2D eigenvalue weighted by Crippen LogP contribution is -2.28. The molecule has 0 spiro atoms. The third-order valence-electron chi connectivity index (χ3n) is 6.96. The number of aromatic nitrogens is 2. The van der Waals surface area contributed by atoms with E-state index < -0.39 is 11.9 Å². The third-order valence-corrected chi connectivity index (χ3v) is 8.01. The maximum atomic E-state index is 13.9. The molecule has 1 amide bonds. The summed E-state index contributed by atoms with van der Waals surface area (Å²) in [4.78, 5) is 42.4. The van der Waals surface area contributed by atoms with Crippen LogP contribution in [0.5, 0.6) is 5.75 Å². The maximum absolute atomic E-state index is 13.9. The van der Waals surface area contributed by atoms with Crippen LogP contribution in [0.2, 0.25) is 0 Å². The van der Waals surface area contributed by atoms with Gasteiger partial charge in [0.25, 0.3) is 5.91 Å². The van der Waals surface area contributed by atoms with Gasteiger partial charge in [-0.25, -0.2) is 9.78 Å². The van der Waals surface area contributed by atoms with E-state index in [9.17, 15) is 14.4 Å². The van der Waals surface area contributed by atoms with Crippen LogP contribution < -0.4 is 10.1 Å². The van der Waals surface area contributed by atoms with Gasteiger partial charge in [-0.15, -0.1) is 11.3 Å². The molecule has 4 rings (SSSR count). The topological polar surface area (TPSA) is 131 Å². The Morgan fingerprint density at radius 2 is 1.74 bits per heavy atom. The molecule has 4 aromatic rings. The summed E-state index contributed by atoms with van der Waals surface area (Å²) in [5.41, 5.74) is 2.82. The van der Waals surface area contributed by atoms with E-state index in [-0.39, 0.29) is 18.2 Å². The number of ether oxygens (including phenoxy) is 1. The van der Waals surface area contributed by atoms with E-state index in [2.05, 4.69) is 24.4 Å². The number of methoxy groups -OCH3 is 1. The number of thiophene rings is 1. The van der Waals surface area contributed by atoms with Crippen molar-refractivity contribution in [2.45, 2.75) is 45.1 Å². The number of hydrogen-bond acceptors (Lipinski definition) is 6. The van der Waals surface area contributed by atoms with Crippen molar-refractivity contribution in [3.8, 4) is 27.7 Å². The summed E-state index contributed by atoms with van der Waals surface area (Å²) in [5.74, 6) is -0.789. The first kappa shape index (κ1) is 31.2. The zero-order chi connectivity index (χ0) is 30.8. The summed E-state index contributed by atoms with van der Waals surface area (Å²) in [6.45, 7) is 2.98. The van der Waals surface area contributed by atoms with Gasteiger partial charge in [-0.05, 0) is 66.8 Å². The van der Waals surface area contributed by atoms with Crippen molar-refractivity contribution in [2.24, 2.45) is 0 Å². The van der Waals surface area contributed by atoms with E-state index in [0.717, 1.165) is 27.0 Å². The predicted octanol–water partition coefficient (Wildman–Crippen LogP) is 6.56. The molecule has 0 saturated carbocycles. The van der Waals surface area contributed by atoms with E-state index in [0.29, 0.717) is 55.3 Å². The number of nitrogens with one attached hydrogen (secondary N) is 1. The highest BCUT2D eigenvalue weighted by atomic mass is 32.1. The van der Waals surface area contributed by atoms with Gasteiger partial charge in [0.15, 0.2) is 5.82 Å². The fourth-order valence-corrected chi connectivity index (χ4v) is 5.65. The van der Waals surface area contributed by atoms with Gasteiger partial charge in [-0.3, -0.25) is 9.59 Å². The maximum Gasteiger partial charge on any atom is 0.328 e. The third kappa shape index (κ3) is 8.42. The molecule has 0 bridgehead atoms. The SMILES string of the molecule is COc1ccc(-c2nc(-c3ccc(C=CC(=O)O)s3)n(CC(C)c3ccccc3)c2C(=O)NCCCCCC(=O)O)cc1. The van der Waals surface area contributed by atoms with E-state index in [1.165, 1.54) is 11.3 Å². The lowest BCUT2D eigenvalue weighted by molar-refractivity contribution is -0.137. The number of imidazole rings is 1. The lowest BCUT2D eigenvalue weighted by atomic mass is 10.0. The molecule has 2 aromatic carbocycles. The zero-order valence-electron chi connectivity index (χ0n) is 24.2. The van der Waals surface area contributed by atoms with Crippen molar-refractivity contribution in [3.63, 3.8) is 0 Å². The van der Waals surface area contributed by atoms with Gasteiger partial charge < -0.3 is 24.8 Å². The molecular weight excluding hydrogens is 566 g/mol. The average Bonchev–Trinajstić information content (AvgIpc) is 3.63. The van der Waals surface area contributed by atoms with E-state index in [4.69, 9.17) is 19.9 Å². The summed E-state index contributed by atoms with van der Waals surface area (Å²) in [6.07, 6.45) is 4.64. The molecule has 2 aromatic heterocycles. The van der Waals surface area contributed by atoms with Gasteiger partial charge in [0.05, 0.1) is 12.0 Å². The Bertz CT molecular complexity index is 1570. The molecule has 0 radical (unpaired) electrons. The normalized spacial score (nSPS) is 11.9. The van der Waals surface area contributed by atoms with Gasteiger partial charge in [0.2, 0.25) is 0 Å². The quantitative estimate of drug-likeness (QED) is 0.104. The number of unbranched alkanes of at least 4 members (excludes halogenated alkanes) is 2. The minimum atomic E-state index is -1.03. The summed E-state index contributed by atoms with van der Waals surface area (Å²) >= 11 is 1.40. The number of hydrogen-bond donors (Lipinski definition) is 3. The molecule has 224 valence electrons. The van der Waals surface area contributed by atoms with Gasteiger partial charge >= 0.3 is 11.9 Å². The average molecular weight is 602 g/mol. The highest BCUT2D eigenvalue weighted by molar-refractivity contribution is 7.16. The van der Waals surface area contributed by atoms with Crippen LogP contribution in [0.3, 0.4) is 0 Å². The van der Waals surface area contributed by atoms with Crippen LogP contribution in [0.15, 0.2) is 72.8 Å². The molecule has 0 saturated heterocycles. The van der Waals surface area contributed by atoms with Crippen molar-refractivity contribution in [2.75, 3.05) is 13.7 Å². The van der Waals surface area contributed by atoms with Crippen LogP contribution in [-0.4, -0.2) is 51.3 Å². The fraction of sp³-hybridized carbons (Fsp3) is 0.273. The van der Waals surface area contributed by atoms with Crippen LogP contribution in [0, 0.1) is 0 Å². The summed E-state index contributed by atoms with van der Waals surface area (Å²) < 4.78 is 7.29. The lowest BCUT2D eigenvalue weighted by Gasteiger charge is -2.18. The number of benzene rings is 2. The second-order valence-corrected chi connectivity index (χ2v) is 11.2. The first-order valence-corrected chi connectivity index (χ1v) is 14.9. The number of carbonyl (C=O) groups is 3. The van der Waals surface area contributed by atoms with E-state index >= 15 is 0 Å². The number of carboxylic acid groups (broad SMARTS) is 2. The van der Waals surface area contributed by atoms with Crippen molar-refractivity contribution in [3.05, 3.63) is 88.9 Å². The molecule has 1 unspecified atom stereocenters. The summed E-state index contributed by atoms with van der Waals surface area (Å²) in [7, 11) is 1.59. The number of carbonyl (C=O) groups excluding carboxylic acids is 1. The van der Waals surface area contributed by atoms with Crippen LogP contribution >= 0.6 is 11.3 Å². The Morgan fingerprint density at radius 3 is 2.42 bits per heavy atom. The van der Waals surface area contributed by atoms with Gasteiger partial charge in [-0.2, -0.15) is 0 Å². The highest BCUT2D eigenvalue weighted by Gasteiger charge is 2.27. The molecule has 1 atom stereocenters. The van der Waals surface area contributed by atoms with Crippen molar-refractivity contribution >= 4 is 35.3 Å². The molecule has 3 N–H and O–H groups in total. The minimum absolute atomic E-state index is 0.0479. The minimum Gasteiger partial charge on any atom is -0.497 e. The fourth-order valence-electron chi connectivity index (χ4n) is 4.74. The van der Waals surface area contributed by atoms with Crippen molar-refractivity contribution < 1.29 is 29.3 Å². The monoisotopic (exact) mass is 601 g/mol.